The number of aryl methyl sites for hydroxylation is 4. The fourth-order valence-electron chi connectivity index (χ4n) is 7.36. The van der Waals surface area contributed by atoms with Crippen molar-refractivity contribution in [2.45, 2.75) is 43.9 Å². The topological polar surface area (TPSA) is 237 Å². The van der Waals surface area contributed by atoms with E-state index in [1.807, 2.05) is 81.4 Å². The maximum absolute atomic E-state index is 12.2. The van der Waals surface area contributed by atoms with Gasteiger partial charge < -0.3 is 9.84 Å². The van der Waals surface area contributed by atoms with Gasteiger partial charge in [0.1, 0.15) is 26.9 Å². The van der Waals surface area contributed by atoms with Crippen LogP contribution in [0.15, 0.2) is 184 Å². The van der Waals surface area contributed by atoms with Crippen LogP contribution < -0.4 is 4.74 Å². The number of rotatable bonds is 13. The Balaban J connectivity index is 0.926. The maximum atomic E-state index is 12.2. The van der Waals surface area contributed by atoms with Crippen molar-refractivity contribution in [2.75, 3.05) is 7.11 Å². The summed E-state index contributed by atoms with van der Waals surface area (Å²) in [6, 6.07) is 37.8. The third kappa shape index (κ3) is 10.5. The van der Waals surface area contributed by atoms with Crippen molar-refractivity contribution in [3.63, 3.8) is 0 Å². The van der Waals surface area contributed by atoms with Gasteiger partial charge in [-0.3, -0.25) is 9.11 Å². The lowest BCUT2D eigenvalue weighted by atomic mass is 10.0. The molecular weight excluding hydrogens is 905 g/mol. The molecule has 0 saturated carbocycles. The standard InChI is InChI=1S/C50H42N8O8S2/c1-29-21-38(13-19-42(29)53-51-37-14-20-43(30(2)22-37)54-58-47-28-41-35(27-49(47)68(63,64)65)7-6-8-48(41)67(60,61)62)52-56-45-23-32(4)46(24-31(45)3)57-55-44-18-12-36-26-34(11-17-40(36)50(44)59)25-33-9-15-39(66-5)16-10-33/h6-24,26-28,59H,25H2,1-5H3,(H,60,61,62)(H,63,64,65). The van der Waals surface area contributed by atoms with Gasteiger partial charge in [-0.25, -0.2) is 0 Å². The number of methoxy groups -OCH3 is 1. The first kappa shape index (κ1) is 46.6. The van der Waals surface area contributed by atoms with Gasteiger partial charge in [-0.05, 0) is 163 Å². The van der Waals surface area contributed by atoms with E-state index < -0.39 is 30.0 Å². The largest absolute Gasteiger partial charge is 0.505 e. The van der Waals surface area contributed by atoms with E-state index in [1.165, 1.54) is 12.1 Å². The summed E-state index contributed by atoms with van der Waals surface area (Å²) in [6.45, 7) is 7.42. The van der Waals surface area contributed by atoms with Gasteiger partial charge in [-0.2, -0.15) is 47.5 Å². The van der Waals surface area contributed by atoms with Gasteiger partial charge >= 0.3 is 0 Å². The molecule has 8 rings (SSSR count). The molecule has 0 saturated heterocycles. The summed E-state index contributed by atoms with van der Waals surface area (Å²) in [5.74, 6) is 0.865. The molecule has 0 unspecified atom stereocenters. The fraction of sp³-hybridized carbons (Fsp3) is 0.120. The molecule has 0 aliphatic carbocycles. The molecule has 16 nitrogen and oxygen atoms in total. The van der Waals surface area contributed by atoms with Crippen molar-refractivity contribution in [3.8, 4) is 11.5 Å². The monoisotopic (exact) mass is 946 g/mol. The highest BCUT2D eigenvalue weighted by Crippen LogP contribution is 2.39. The minimum absolute atomic E-state index is 0.00999. The zero-order valence-electron chi connectivity index (χ0n) is 37.2. The van der Waals surface area contributed by atoms with Gasteiger partial charge in [0.2, 0.25) is 0 Å². The molecule has 0 bridgehead atoms. The number of fused-ring (bicyclic) bond motifs is 2. The molecule has 0 aliphatic heterocycles. The Hall–Kier alpha value is -7.90. The first-order valence-corrected chi connectivity index (χ1v) is 23.7. The van der Waals surface area contributed by atoms with Crippen LogP contribution in [0, 0.1) is 27.7 Å². The maximum Gasteiger partial charge on any atom is 0.296 e. The Bertz CT molecular complexity index is 3650. The average Bonchev–Trinajstić information content (AvgIpc) is 3.30. The lowest BCUT2D eigenvalue weighted by Crippen LogP contribution is -2.01. The van der Waals surface area contributed by atoms with Gasteiger partial charge in [-0.15, -0.1) is 10.2 Å². The molecule has 0 radical (unpaired) electrons. The van der Waals surface area contributed by atoms with Crippen LogP contribution in [0.3, 0.4) is 0 Å². The number of benzene rings is 8. The third-order valence-electron chi connectivity index (χ3n) is 11.0. The van der Waals surface area contributed by atoms with Crippen LogP contribution in [-0.2, 0) is 26.7 Å². The SMILES string of the molecule is COc1ccc(Cc2ccc3c(O)c(N=Nc4cc(C)c(N=Nc5ccc(N=Nc6ccc(N=Nc7cc8c(S(=O)(=O)O)cccc8cc7S(=O)(=O)O)c(C)c6)c(C)c5)cc4C)ccc3c2)cc1. The lowest BCUT2D eigenvalue weighted by molar-refractivity contribution is 0.414. The van der Waals surface area contributed by atoms with Crippen molar-refractivity contribution in [2.24, 2.45) is 40.9 Å². The summed E-state index contributed by atoms with van der Waals surface area (Å²) in [7, 11) is -7.81. The molecule has 0 amide bonds. The minimum Gasteiger partial charge on any atom is -0.505 e. The second-order valence-corrected chi connectivity index (χ2v) is 18.7. The molecule has 0 heterocycles. The number of hydrogen-bond acceptors (Lipinski definition) is 14. The molecule has 0 atom stereocenters. The van der Waals surface area contributed by atoms with Crippen molar-refractivity contribution in [1.82, 2.24) is 0 Å². The van der Waals surface area contributed by atoms with Crippen molar-refractivity contribution >= 4 is 87.3 Å². The number of phenols is 1. The molecule has 0 aromatic heterocycles. The highest BCUT2D eigenvalue weighted by molar-refractivity contribution is 7.86. The molecule has 0 aliphatic rings. The third-order valence-corrected chi connectivity index (χ3v) is 12.8. The van der Waals surface area contributed by atoms with Crippen LogP contribution in [0.2, 0.25) is 0 Å². The van der Waals surface area contributed by atoms with Crippen LogP contribution in [0.1, 0.15) is 33.4 Å². The van der Waals surface area contributed by atoms with Crippen LogP contribution in [0.25, 0.3) is 21.5 Å². The summed E-state index contributed by atoms with van der Waals surface area (Å²) in [5, 5.41) is 47.6. The first-order chi connectivity index (χ1) is 32.4. The normalized spacial score (nSPS) is 12.5. The van der Waals surface area contributed by atoms with Crippen LogP contribution in [0.5, 0.6) is 11.5 Å². The van der Waals surface area contributed by atoms with E-state index in [2.05, 4.69) is 47.0 Å². The zero-order valence-corrected chi connectivity index (χ0v) is 38.8. The van der Waals surface area contributed by atoms with E-state index in [0.29, 0.717) is 50.8 Å². The van der Waals surface area contributed by atoms with Gasteiger partial charge in [0.05, 0.1) is 41.2 Å². The number of aromatic hydroxyl groups is 1. The second-order valence-electron chi connectivity index (χ2n) is 15.9. The smallest absolute Gasteiger partial charge is 0.296 e. The summed E-state index contributed by atoms with van der Waals surface area (Å²) in [4.78, 5) is -1.05. The number of nitrogens with zero attached hydrogens (tertiary/aromatic N) is 8. The van der Waals surface area contributed by atoms with Crippen LogP contribution in [-0.4, -0.2) is 38.2 Å². The number of hydrogen-bond donors (Lipinski definition) is 3. The molecule has 3 N–H and O–H groups in total. The molecule has 8 aromatic rings. The van der Waals surface area contributed by atoms with Crippen molar-refractivity contribution in [3.05, 3.63) is 167 Å². The van der Waals surface area contributed by atoms with E-state index >= 15 is 0 Å². The Morgan fingerprint density at radius 2 is 0.941 bits per heavy atom. The van der Waals surface area contributed by atoms with E-state index in [1.54, 1.807) is 50.4 Å². The summed E-state index contributed by atoms with van der Waals surface area (Å²) in [6.07, 6.45) is 0.745. The molecule has 0 spiro atoms. The Kier molecular flexibility index (Phi) is 13.1. The summed E-state index contributed by atoms with van der Waals surface area (Å²) >= 11 is 0. The second kappa shape index (κ2) is 19.1. The van der Waals surface area contributed by atoms with Crippen molar-refractivity contribution < 1.29 is 35.8 Å². The van der Waals surface area contributed by atoms with Gasteiger partial charge in [0.15, 0.2) is 5.75 Å². The molecule has 0 fully saturated rings. The molecule has 342 valence electrons. The number of phenolic OH excluding ortho intramolecular Hbond substituents is 1. The predicted octanol–water partition coefficient (Wildman–Crippen LogP) is 14.7. The molecule has 68 heavy (non-hydrogen) atoms. The molecule has 18 heteroatoms. The molecule has 8 aromatic carbocycles. The van der Waals surface area contributed by atoms with Crippen molar-refractivity contribution in [1.29, 1.82) is 0 Å². The summed E-state index contributed by atoms with van der Waals surface area (Å²) in [5.41, 5.74) is 8.65. The highest BCUT2D eigenvalue weighted by atomic mass is 32.2. The van der Waals surface area contributed by atoms with Gasteiger partial charge in [0, 0.05) is 10.8 Å². The number of ether oxygens (including phenoxy) is 1. The van der Waals surface area contributed by atoms with Gasteiger partial charge in [0.25, 0.3) is 20.2 Å². The highest BCUT2D eigenvalue weighted by Gasteiger charge is 2.21. The Morgan fingerprint density at radius 3 is 1.53 bits per heavy atom. The minimum atomic E-state index is -4.80. The molecular formula is C50H42N8O8S2. The van der Waals surface area contributed by atoms with Crippen LogP contribution in [0.4, 0.5) is 45.5 Å². The Labute approximate surface area is 391 Å². The van der Waals surface area contributed by atoms with E-state index in [-0.39, 0.29) is 22.2 Å². The Morgan fingerprint density at radius 1 is 0.441 bits per heavy atom. The van der Waals surface area contributed by atoms with E-state index in [0.717, 1.165) is 63.6 Å². The predicted molar refractivity (Wildman–Crippen MR) is 260 cm³/mol. The zero-order chi connectivity index (χ0) is 48.3. The van der Waals surface area contributed by atoms with Gasteiger partial charge in [-0.1, -0.05) is 48.5 Å². The fourth-order valence-corrected chi connectivity index (χ4v) is 8.71. The first-order valence-electron chi connectivity index (χ1n) is 20.8. The quantitative estimate of drug-likeness (QED) is 0.0740. The van der Waals surface area contributed by atoms with E-state index in [9.17, 15) is 31.0 Å². The number of azo groups is 4. The summed E-state index contributed by atoms with van der Waals surface area (Å²) < 4.78 is 73.3. The average molecular weight is 947 g/mol. The van der Waals surface area contributed by atoms with Crippen LogP contribution >= 0.6 is 0 Å². The van der Waals surface area contributed by atoms with E-state index in [4.69, 9.17) is 4.74 Å². The lowest BCUT2D eigenvalue weighted by Gasteiger charge is -2.08.